The van der Waals surface area contributed by atoms with Gasteiger partial charge in [-0.2, -0.15) is 5.10 Å². The molecule has 1 fully saturated rings. The maximum atomic E-state index is 13.4. The van der Waals surface area contributed by atoms with E-state index in [1.165, 1.54) is 11.3 Å². The number of ether oxygens (including phenoxy) is 1. The fraction of sp³-hybridized carbons (Fsp3) is 0.417. The fourth-order valence-electron chi connectivity index (χ4n) is 4.14. The molecule has 0 bridgehead atoms. The zero-order valence-corrected chi connectivity index (χ0v) is 19.3. The lowest BCUT2D eigenvalue weighted by Gasteiger charge is -2.27. The minimum atomic E-state index is 0.0599. The molecule has 0 saturated carbocycles. The number of aromatic nitrogens is 2. The summed E-state index contributed by atoms with van der Waals surface area (Å²) >= 11 is 1.49. The van der Waals surface area contributed by atoms with Crippen molar-refractivity contribution in [3.8, 4) is 5.69 Å². The molecule has 1 amide bonds. The van der Waals surface area contributed by atoms with Crippen LogP contribution in [0.1, 0.15) is 40.7 Å². The van der Waals surface area contributed by atoms with Crippen molar-refractivity contribution in [2.75, 3.05) is 32.1 Å². The molecule has 1 aromatic carbocycles. The van der Waals surface area contributed by atoms with Crippen LogP contribution in [0.25, 0.3) is 5.69 Å². The lowest BCUT2D eigenvalue weighted by Crippen LogP contribution is -2.37. The van der Waals surface area contributed by atoms with Crippen LogP contribution in [0.3, 0.4) is 0 Å². The second kappa shape index (κ2) is 9.66. The van der Waals surface area contributed by atoms with Crippen LogP contribution in [-0.4, -0.2) is 53.9 Å². The van der Waals surface area contributed by atoms with Gasteiger partial charge >= 0.3 is 0 Å². The molecule has 0 aliphatic carbocycles. The number of para-hydroxylation sites is 1. The summed E-state index contributed by atoms with van der Waals surface area (Å²) in [6.07, 6.45) is 2.96. The summed E-state index contributed by atoms with van der Waals surface area (Å²) in [6.45, 7) is 4.01. The van der Waals surface area contributed by atoms with Crippen molar-refractivity contribution in [3.63, 3.8) is 0 Å². The highest BCUT2D eigenvalue weighted by atomic mass is 32.1. The van der Waals surface area contributed by atoms with Crippen molar-refractivity contribution in [3.05, 3.63) is 64.0 Å². The number of nitrogens with zero attached hydrogens (tertiary/aromatic N) is 4. The van der Waals surface area contributed by atoms with Gasteiger partial charge < -0.3 is 14.5 Å². The van der Waals surface area contributed by atoms with E-state index in [1.54, 1.807) is 0 Å². The Morgan fingerprint density at radius 2 is 2.03 bits per heavy atom. The van der Waals surface area contributed by atoms with Gasteiger partial charge in [-0.05, 0) is 42.8 Å². The lowest BCUT2D eigenvalue weighted by molar-refractivity contribution is 0.0510. The van der Waals surface area contributed by atoms with Gasteiger partial charge in [0.1, 0.15) is 5.82 Å². The number of hydrogen-bond donors (Lipinski definition) is 0. The molecule has 7 heteroatoms. The molecule has 6 nitrogen and oxygen atoms in total. The highest BCUT2D eigenvalue weighted by Crippen LogP contribution is 2.29. The summed E-state index contributed by atoms with van der Waals surface area (Å²) in [5.74, 6) is 1.07. The van der Waals surface area contributed by atoms with Gasteiger partial charge in [-0.25, -0.2) is 4.68 Å². The van der Waals surface area contributed by atoms with Crippen LogP contribution in [-0.2, 0) is 17.7 Å². The molecule has 2 aromatic heterocycles. The van der Waals surface area contributed by atoms with Crippen LogP contribution in [0.4, 0.5) is 5.82 Å². The second-order valence-electron chi connectivity index (χ2n) is 8.04. The molecule has 1 aliphatic heterocycles. The third-order valence-electron chi connectivity index (χ3n) is 5.62. The predicted octanol–water partition coefficient (Wildman–Crippen LogP) is 4.38. The van der Waals surface area contributed by atoms with E-state index in [2.05, 4.69) is 24.0 Å². The zero-order valence-electron chi connectivity index (χ0n) is 18.5. The van der Waals surface area contributed by atoms with Crippen LogP contribution in [0.5, 0.6) is 0 Å². The molecule has 1 saturated heterocycles. The van der Waals surface area contributed by atoms with Crippen molar-refractivity contribution in [2.24, 2.45) is 0 Å². The van der Waals surface area contributed by atoms with E-state index >= 15 is 0 Å². The first-order chi connectivity index (χ1) is 15.1. The Morgan fingerprint density at radius 3 is 2.65 bits per heavy atom. The first-order valence-electron chi connectivity index (χ1n) is 10.9. The number of aryl methyl sites for hydroxylation is 1. The van der Waals surface area contributed by atoms with Gasteiger partial charge in [0.05, 0.1) is 28.9 Å². The molecule has 164 valence electrons. The molecular weight excluding hydrogens is 408 g/mol. The van der Waals surface area contributed by atoms with Gasteiger partial charge in [0.25, 0.3) is 5.91 Å². The molecule has 3 aromatic rings. The van der Waals surface area contributed by atoms with E-state index in [4.69, 9.17) is 9.84 Å². The Morgan fingerprint density at radius 1 is 1.23 bits per heavy atom. The van der Waals surface area contributed by atoms with E-state index in [0.717, 1.165) is 53.5 Å². The Hall–Kier alpha value is -2.64. The van der Waals surface area contributed by atoms with E-state index in [1.807, 2.05) is 59.4 Å². The average Bonchev–Trinajstić information content (AvgIpc) is 3.54. The third-order valence-corrected chi connectivity index (χ3v) is 6.47. The van der Waals surface area contributed by atoms with Crippen molar-refractivity contribution in [2.45, 2.75) is 38.8 Å². The van der Waals surface area contributed by atoms with Gasteiger partial charge in [0, 0.05) is 32.8 Å². The van der Waals surface area contributed by atoms with Gasteiger partial charge in [-0.1, -0.05) is 31.2 Å². The number of thiophene rings is 1. The summed E-state index contributed by atoms with van der Waals surface area (Å²) in [5.41, 5.74) is 3.13. The fourth-order valence-corrected chi connectivity index (χ4v) is 4.83. The molecule has 31 heavy (non-hydrogen) atoms. The Labute approximate surface area is 188 Å². The maximum Gasteiger partial charge on any atom is 0.264 e. The van der Waals surface area contributed by atoms with Crippen LogP contribution in [0, 0.1) is 0 Å². The number of carbonyl (C=O) groups is 1. The molecule has 1 atom stereocenters. The second-order valence-corrected chi connectivity index (χ2v) is 8.99. The molecule has 0 N–H and O–H groups in total. The van der Waals surface area contributed by atoms with Gasteiger partial charge in [0.15, 0.2) is 0 Å². The standard InChI is InChI=1S/C24H30N4O2S/c1-4-21-20(23(26(2)3)28(25-21)18-10-6-5-7-11-18)17-27(16-19-12-8-14-30-19)24(29)22-13-9-15-31-22/h5-7,9-11,13,15,19H,4,8,12,14,16-17H2,1-3H3. The number of anilines is 1. The molecule has 1 unspecified atom stereocenters. The summed E-state index contributed by atoms with van der Waals surface area (Å²) in [6, 6.07) is 14.0. The Balaban J connectivity index is 1.73. The maximum absolute atomic E-state index is 13.4. The summed E-state index contributed by atoms with van der Waals surface area (Å²) in [5, 5.41) is 6.89. The predicted molar refractivity (Wildman–Crippen MR) is 125 cm³/mol. The van der Waals surface area contributed by atoms with Crippen molar-refractivity contribution < 1.29 is 9.53 Å². The average molecular weight is 439 g/mol. The quantitative estimate of drug-likeness (QED) is 0.524. The summed E-state index contributed by atoms with van der Waals surface area (Å²) in [7, 11) is 4.07. The summed E-state index contributed by atoms with van der Waals surface area (Å²) in [4.78, 5) is 18.2. The number of amides is 1. The van der Waals surface area contributed by atoms with Gasteiger partial charge in [-0.3, -0.25) is 4.79 Å². The van der Waals surface area contributed by atoms with Crippen molar-refractivity contribution in [1.29, 1.82) is 0 Å². The van der Waals surface area contributed by atoms with E-state index in [9.17, 15) is 4.79 Å². The van der Waals surface area contributed by atoms with Crippen LogP contribution in [0.2, 0.25) is 0 Å². The van der Waals surface area contributed by atoms with Crippen LogP contribution < -0.4 is 4.90 Å². The molecule has 4 rings (SSSR count). The van der Waals surface area contributed by atoms with Crippen LogP contribution >= 0.6 is 11.3 Å². The van der Waals surface area contributed by atoms with E-state index in [0.29, 0.717) is 13.1 Å². The highest BCUT2D eigenvalue weighted by molar-refractivity contribution is 7.12. The Bertz CT molecular complexity index is 992. The monoisotopic (exact) mass is 438 g/mol. The summed E-state index contributed by atoms with van der Waals surface area (Å²) < 4.78 is 7.87. The molecule has 3 heterocycles. The topological polar surface area (TPSA) is 50.6 Å². The van der Waals surface area contributed by atoms with Gasteiger partial charge in [0.2, 0.25) is 0 Å². The lowest BCUT2D eigenvalue weighted by atomic mass is 10.1. The van der Waals surface area contributed by atoms with Crippen molar-refractivity contribution >= 4 is 23.1 Å². The highest BCUT2D eigenvalue weighted by Gasteiger charge is 2.28. The minimum Gasteiger partial charge on any atom is -0.376 e. The largest absolute Gasteiger partial charge is 0.376 e. The number of rotatable bonds is 8. The van der Waals surface area contributed by atoms with Crippen molar-refractivity contribution in [1.82, 2.24) is 14.7 Å². The smallest absolute Gasteiger partial charge is 0.264 e. The first kappa shape index (κ1) is 21.6. The minimum absolute atomic E-state index is 0.0599. The number of carbonyl (C=O) groups excluding carboxylic acids is 1. The zero-order chi connectivity index (χ0) is 21.8. The first-order valence-corrected chi connectivity index (χ1v) is 11.7. The Kier molecular flexibility index (Phi) is 6.73. The number of hydrogen-bond acceptors (Lipinski definition) is 5. The normalized spacial score (nSPS) is 15.9. The van der Waals surface area contributed by atoms with E-state index in [-0.39, 0.29) is 12.0 Å². The molecule has 0 spiro atoms. The number of benzene rings is 1. The SMILES string of the molecule is CCc1nn(-c2ccccc2)c(N(C)C)c1CN(CC1CCCO1)C(=O)c1cccs1. The molecule has 0 radical (unpaired) electrons. The van der Waals surface area contributed by atoms with Gasteiger partial charge in [-0.15, -0.1) is 11.3 Å². The third kappa shape index (κ3) is 4.67. The molecule has 1 aliphatic rings. The molecular formula is C24H30N4O2S. The van der Waals surface area contributed by atoms with E-state index < -0.39 is 0 Å². The van der Waals surface area contributed by atoms with Crippen LogP contribution in [0.15, 0.2) is 47.8 Å².